The Morgan fingerprint density at radius 2 is 0.750 bits per heavy atom. The van der Waals surface area contributed by atoms with Gasteiger partial charge in [0.2, 0.25) is 0 Å². The zero-order valence-corrected chi connectivity index (χ0v) is 9.96. The van der Waals surface area contributed by atoms with E-state index in [0.717, 1.165) is 0 Å². The molecule has 12 heavy (non-hydrogen) atoms. The molecule has 76 valence electrons. The predicted molar refractivity (Wildman–Crippen MR) is 34.3 cm³/mol. The first-order valence-corrected chi connectivity index (χ1v) is 2.00. The second-order valence-corrected chi connectivity index (χ2v) is 1.22. The summed E-state index contributed by atoms with van der Waals surface area (Å²) in [6.07, 6.45) is 0. The molecule has 0 aliphatic heterocycles. The Morgan fingerprint density at radius 1 is 0.750 bits per heavy atom. The fourth-order valence-electron chi connectivity index (χ4n) is 0. The number of rotatable bonds is 0. The van der Waals surface area contributed by atoms with Gasteiger partial charge in [-0.3, -0.25) is 8.42 Å². The van der Waals surface area contributed by atoms with Crippen molar-refractivity contribution in [3.63, 3.8) is 0 Å². The van der Waals surface area contributed by atoms with Crippen LogP contribution < -0.4 is 0 Å². The topological polar surface area (TPSA) is 238 Å². The Morgan fingerprint density at radius 3 is 0.750 bits per heavy atom. The molecule has 0 saturated heterocycles. The van der Waals surface area contributed by atoms with Crippen LogP contribution in [0.4, 0.5) is 0 Å². The van der Waals surface area contributed by atoms with Crippen LogP contribution in [0.5, 0.6) is 0 Å². The molecule has 0 aliphatic carbocycles. The Balaban J connectivity index is -0.00000000381. The third-order valence-corrected chi connectivity index (χ3v) is 0. The minimum atomic E-state index is -5.17. The van der Waals surface area contributed by atoms with E-state index in [1.807, 2.05) is 0 Å². The third-order valence-electron chi connectivity index (χ3n) is 0. The van der Waals surface area contributed by atoms with Gasteiger partial charge in [-0.2, -0.15) is 0 Å². The van der Waals surface area contributed by atoms with Gasteiger partial charge < -0.3 is 36.5 Å². The van der Waals surface area contributed by atoms with Crippen molar-refractivity contribution in [2.45, 2.75) is 0 Å². The minimum Gasteiger partial charge on any atom is -0.759 e. The number of hydrogen-bond acceptors (Lipinski definition) is 4. The first-order valence-electron chi connectivity index (χ1n) is 0.667. The van der Waals surface area contributed by atoms with E-state index in [2.05, 4.69) is 0 Å². The van der Waals surface area contributed by atoms with Gasteiger partial charge in [-0.25, -0.2) is 0 Å². The average Bonchev–Trinajstić information content (AvgIpc) is 0.722. The van der Waals surface area contributed by atoms with Gasteiger partial charge in [0.1, 0.15) is 0 Å². The van der Waals surface area contributed by atoms with Crippen molar-refractivity contribution < 1.29 is 62.3 Å². The summed E-state index contributed by atoms with van der Waals surface area (Å²) in [5.74, 6) is 0. The molecule has 0 aliphatic rings. The van der Waals surface area contributed by atoms with Gasteiger partial charge in [-0.15, -0.1) is 0 Å². The van der Waals surface area contributed by atoms with Crippen LogP contribution in [0.3, 0.4) is 0 Å². The molecule has 0 radical (unpaired) electrons. The molecule has 0 aromatic carbocycles. The standard InChI is InChI=1S/Ca.Cr.H2O4S.5H2O/c;;1-5(2,3)4;;;;;/h;;(H2,1,2,3,4);5*1H2/q2*+2;;;;;;/p-2. The van der Waals surface area contributed by atoms with Crippen molar-refractivity contribution >= 4 is 48.1 Å². The smallest absolute Gasteiger partial charge is 0.759 e. The van der Waals surface area contributed by atoms with E-state index in [-0.39, 0.29) is 82.5 Å². The van der Waals surface area contributed by atoms with E-state index < -0.39 is 10.4 Å². The molecule has 0 fully saturated rings. The molecular weight excluding hydrogens is 268 g/mol. The summed E-state index contributed by atoms with van der Waals surface area (Å²) < 4.78 is 34.1. The average molecular weight is 278 g/mol. The molecule has 0 spiro atoms. The predicted octanol–water partition coefficient (Wildman–Crippen LogP) is -5.84. The summed E-state index contributed by atoms with van der Waals surface area (Å²) in [7, 11) is -5.17. The molecule has 10 N–H and O–H groups in total. The zero-order valence-electron chi connectivity index (χ0n) is 5.66. The van der Waals surface area contributed by atoms with Crippen LogP contribution in [-0.2, 0) is 27.8 Å². The summed E-state index contributed by atoms with van der Waals surface area (Å²) in [5, 5.41) is 0. The second-order valence-electron chi connectivity index (χ2n) is 0.408. The molecule has 12 heteroatoms. The molecule has 0 amide bonds. The molecule has 0 unspecified atom stereocenters. The molecule has 0 saturated carbocycles. The summed E-state index contributed by atoms with van der Waals surface area (Å²) in [6.45, 7) is 0. The van der Waals surface area contributed by atoms with Gasteiger partial charge in [0.15, 0.2) is 0 Å². The van der Waals surface area contributed by atoms with Crippen LogP contribution in [0.2, 0.25) is 0 Å². The first kappa shape index (κ1) is 70.1. The van der Waals surface area contributed by atoms with E-state index >= 15 is 0 Å². The first-order chi connectivity index (χ1) is 2.00. The fraction of sp³-hybridized carbons (Fsp3) is 0. The molecule has 0 bridgehead atoms. The van der Waals surface area contributed by atoms with Crippen LogP contribution >= 0.6 is 0 Å². The maximum Gasteiger partial charge on any atom is 2.00 e. The van der Waals surface area contributed by atoms with E-state index in [4.69, 9.17) is 17.5 Å². The Labute approximate surface area is 109 Å². The molecular formula is H10CaCrO9S+2. The van der Waals surface area contributed by atoms with Crippen molar-refractivity contribution in [3.05, 3.63) is 0 Å². The van der Waals surface area contributed by atoms with E-state index in [1.54, 1.807) is 0 Å². The van der Waals surface area contributed by atoms with Crippen LogP contribution in [0, 0.1) is 0 Å². The fourth-order valence-corrected chi connectivity index (χ4v) is 0. The van der Waals surface area contributed by atoms with Gasteiger partial charge in [-0.1, -0.05) is 0 Å². The molecule has 0 aromatic rings. The second kappa shape index (κ2) is 29.4. The summed E-state index contributed by atoms with van der Waals surface area (Å²) in [5.41, 5.74) is 0. The van der Waals surface area contributed by atoms with Crippen molar-refractivity contribution in [1.29, 1.82) is 0 Å². The molecule has 9 nitrogen and oxygen atoms in total. The quantitative estimate of drug-likeness (QED) is 0.238. The van der Waals surface area contributed by atoms with Crippen molar-refractivity contribution in [2.24, 2.45) is 0 Å². The molecule has 0 atom stereocenters. The van der Waals surface area contributed by atoms with Gasteiger partial charge in [-0.05, 0) is 0 Å². The van der Waals surface area contributed by atoms with Crippen LogP contribution in [0.1, 0.15) is 0 Å². The van der Waals surface area contributed by atoms with Crippen LogP contribution in [0.15, 0.2) is 0 Å². The summed E-state index contributed by atoms with van der Waals surface area (Å²) in [4.78, 5) is 0. The van der Waals surface area contributed by atoms with Gasteiger partial charge in [0, 0.05) is 10.4 Å². The van der Waals surface area contributed by atoms with Crippen LogP contribution in [0.25, 0.3) is 0 Å². The maximum absolute atomic E-state index is 8.52. The summed E-state index contributed by atoms with van der Waals surface area (Å²) in [6, 6.07) is 0. The maximum atomic E-state index is 8.52. The number of hydrogen-bond donors (Lipinski definition) is 0. The van der Waals surface area contributed by atoms with Gasteiger partial charge >= 0.3 is 55.1 Å². The van der Waals surface area contributed by atoms with E-state index in [0.29, 0.717) is 0 Å². The van der Waals surface area contributed by atoms with E-state index in [9.17, 15) is 0 Å². The third kappa shape index (κ3) is 587. The molecule has 0 aromatic heterocycles. The van der Waals surface area contributed by atoms with Gasteiger partial charge in [0.25, 0.3) is 0 Å². The largest absolute Gasteiger partial charge is 2.00 e. The normalized spacial score (nSPS) is 4.83. The Kier molecular flexibility index (Phi) is 172. The van der Waals surface area contributed by atoms with Crippen molar-refractivity contribution in [1.82, 2.24) is 0 Å². The molecule has 0 rings (SSSR count). The Bertz CT molecular complexity index is 97.7. The SMILES string of the molecule is O.O.O.O.O.O=S(=O)([O-])[O-].[Ca+2].[Cr+2]. The monoisotopic (exact) mass is 278 g/mol. The zero-order chi connectivity index (χ0) is 4.50. The van der Waals surface area contributed by atoms with Crippen molar-refractivity contribution in [2.75, 3.05) is 0 Å². The molecule has 0 heterocycles. The van der Waals surface area contributed by atoms with Crippen LogP contribution in [-0.4, -0.2) is 82.6 Å². The van der Waals surface area contributed by atoms with Crippen molar-refractivity contribution in [3.8, 4) is 0 Å². The minimum absolute atomic E-state index is 0. The van der Waals surface area contributed by atoms with Gasteiger partial charge in [0.05, 0.1) is 0 Å². The summed E-state index contributed by atoms with van der Waals surface area (Å²) >= 11 is 0. The van der Waals surface area contributed by atoms with E-state index in [1.165, 1.54) is 0 Å². The Hall–Kier alpha value is 1.46.